The number of ether oxygens (including phenoxy) is 1. The Balaban J connectivity index is 1.75. The van der Waals surface area contributed by atoms with E-state index >= 15 is 0 Å². The summed E-state index contributed by atoms with van der Waals surface area (Å²) in [4.78, 5) is 6.38. The standard InChI is InChI=1S/C21H30N2O2/c1-4-14-11-23-9-8-15-20-17(6-5-7-19(20)25-3)22-21(15)18(23)10-16(14)13(2)12-24/h5-7,13-14,16,18,22,24H,4,8-12H2,1-3H3/t13?,14-,16?,18+/m1/s1. The Morgan fingerprint density at radius 1 is 1.40 bits per heavy atom. The van der Waals surface area contributed by atoms with Gasteiger partial charge in [-0.05, 0) is 48.3 Å². The molecule has 4 rings (SSSR count). The molecule has 0 radical (unpaired) electrons. The Bertz CT molecular complexity index is 754. The maximum atomic E-state index is 9.74. The fourth-order valence-corrected chi connectivity index (χ4v) is 5.25. The van der Waals surface area contributed by atoms with Gasteiger partial charge in [0, 0.05) is 36.3 Å². The van der Waals surface area contributed by atoms with Crippen LogP contribution in [0.25, 0.3) is 10.9 Å². The highest BCUT2D eigenvalue weighted by Gasteiger charge is 2.41. The maximum absolute atomic E-state index is 9.74. The number of nitrogens with one attached hydrogen (secondary N) is 1. The minimum Gasteiger partial charge on any atom is -0.496 e. The Morgan fingerprint density at radius 2 is 2.24 bits per heavy atom. The SMILES string of the molecule is CC[C@@H]1CN2CCc3c([nH]c4cccc(OC)c34)[C@@H]2CC1C(C)CO. The van der Waals surface area contributed by atoms with Crippen LogP contribution < -0.4 is 4.74 Å². The molecular weight excluding hydrogens is 312 g/mol. The molecule has 25 heavy (non-hydrogen) atoms. The number of rotatable bonds is 4. The van der Waals surface area contributed by atoms with E-state index < -0.39 is 0 Å². The second-order valence-electron chi connectivity index (χ2n) is 7.89. The molecule has 4 heteroatoms. The number of methoxy groups -OCH3 is 1. The molecule has 3 heterocycles. The third-order valence-electron chi connectivity index (χ3n) is 6.68. The predicted molar refractivity (Wildman–Crippen MR) is 101 cm³/mol. The molecule has 0 saturated carbocycles. The first-order valence-corrected chi connectivity index (χ1v) is 9.70. The normalized spacial score (nSPS) is 27.8. The van der Waals surface area contributed by atoms with Crippen molar-refractivity contribution in [3.63, 3.8) is 0 Å². The summed E-state index contributed by atoms with van der Waals surface area (Å²) in [7, 11) is 1.76. The zero-order chi connectivity index (χ0) is 17.6. The van der Waals surface area contributed by atoms with E-state index in [9.17, 15) is 5.11 Å². The number of hydrogen-bond acceptors (Lipinski definition) is 3. The van der Waals surface area contributed by atoms with Crippen molar-refractivity contribution in [1.82, 2.24) is 9.88 Å². The van der Waals surface area contributed by atoms with Gasteiger partial charge in [0.15, 0.2) is 0 Å². The van der Waals surface area contributed by atoms with Crippen LogP contribution in [0.5, 0.6) is 5.75 Å². The van der Waals surface area contributed by atoms with Gasteiger partial charge in [0.1, 0.15) is 5.75 Å². The maximum Gasteiger partial charge on any atom is 0.128 e. The zero-order valence-electron chi connectivity index (χ0n) is 15.6. The number of H-pyrrole nitrogens is 1. The average Bonchev–Trinajstić information content (AvgIpc) is 3.05. The highest BCUT2D eigenvalue weighted by Crippen LogP contribution is 2.46. The quantitative estimate of drug-likeness (QED) is 0.890. The Hall–Kier alpha value is -1.52. The highest BCUT2D eigenvalue weighted by molar-refractivity contribution is 5.91. The van der Waals surface area contributed by atoms with E-state index in [-0.39, 0.29) is 0 Å². The first kappa shape index (κ1) is 16.9. The van der Waals surface area contributed by atoms with Crippen LogP contribution in [0.4, 0.5) is 0 Å². The van der Waals surface area contributed by atoms with Crippen LogP contribution in [0.2, 0.25) is 0 Å². The molecule has 1 saturated heterocycles. The van der Waals surface area contributed by atoms with Gasteiger partial charge >= 0.3 is 0 Å². The number of nitrogens with zero attached hydrogens (tertiary/aromatic N) is 1. The van der Waals surface area contributed by atoms with Gasteiger partial charge in [0.2, 0.25) is 0 Å². The van der Waals surface area contributed by atoms with Crippen molar-refractivity contribution in [2.24, 2.45) is 17.8 Å². The van der Waals surface area contributed by atoms with Crippen molar-refractivity contribution in [2.75, 3.05) is 26.8 Å². The van der Waals surface area contributed by atoms with E-state index in [0.717, 1.165) is 31.7 Å². The first-order chi connectivity index (χ1) is 12.2. The van der Waals surface area contributed by atoms with E-state index in [1.54, 1.807) is 7.11 Å². The molecule has 2 aliphatic rings. The minimum atomic E-state index is 0.293. The monoisotopic (exact) mass is 342 g/mol. The van der Waals surface area contributed by atoms with Crippen molar-refractivity contribution in [3.8, 4) is 5.75 Å². The summed E-state index contributed by atoms with van der Waals surface area (Å²) < 4.78 is 5.63. The molecule has 0 amide bonds. The van der Waals surface area contributed by atoms with E-state index in [2.05, 4.69) is 41.9 Å². The summed E-state index contributed by atoms with van der Waals surface area (Å²) >= 11 is 0. The summed E-state index contributed by atoms with van der Waals surface area (Å²) in [5.74, 6) is 2.64. The number of aliphatic hydroxyl groups is 1. The fourth-order valence-electron chi connectivity index (χ4n) is 5.25. The van der Waals surface area contributed by atoms with Gasteiger partial charge in [-0.3, -0.25) is 4.90 Å². The Morgan fingerprint density at radius 3 is 2.96 bits per heavy atom. The molecule has 2 unspecified atom stereocenters. The number of aromatic nitrogens is 1. The minimum absolute atomic E-state index is 0.293. The summed E-state index contributed by atoms with van der Waals surface area (Å²) in [6.07, 6.45) is 3.43. The van der Waals surface area contributed by atoms with Crippen LogP contribution in [-0.2, 0) is 6.42 Å². The third kappa shape index (κ3) is 2.67. The molecule has 0 aliphatic carbocycles. The molecule has 1 aromatic carbocycles. The second-order valence-corrected chi connectivity index (χ2v) is 7.89. The molecule has 1 aromatic heterocycles. The lowest BCUT2D eigenvalue weighted by molar-refractivity contribution is 0.0144. The Labute approximate surface area is 150 Å². The predicted octanol–water partition coefficient (Wildman–Crippen LogP) is 3.75. The van der Waals surface area contributed by atoms with Crippen LogP contribution in [-0.4, -0.2) is 41.8 Å². The summed E-state index contributed by atoms with van der Waals surface area (Å²) in [6.45, 7) is 7.08. The van der Waals surface area contributed by atoms with Gasteiger partial charge in [-0.2, -0.15) is 0 Å². The number of fused-ring (bicyclic) bond motifs is 5. The molecule has 1 fully saturated rings. The van der Waals surface area contributed by atoms with Crippen molar-refractivity contribution >= 4 is 10.9 Å². The third-order valence-corrected chi connectivity index (χ3v) is 6.68. The van der Waals surface area contributed by atoms with Crippen molar-refractivity contribution < 1.29 is 9.84 Å². The molecule has 0 bridgehead atoms. The lowest BCUT2D eigenvalue weighted by atomic mass is 9.72. The van der Waals surface area contributed by atoms with Crippen molar-refractivity contribution in [3.05, 3.63) is 29.5 Å². The molecule has 2 aliphatic heterocycles. The smallest absolute Gasteiger partial charge is 0.128 e. The Kier molecular flexibility index (Phi) is 4.50. The summed E-state index contributed by atoms with van der Waals surface area (Å²) in [5.41, 5.74) is 4.02. The second kappa shape index (κ2) is 6.65. The van der Waals surface area contributed by atoms with Crippen LogP contribution in [0.1, 0.15) is 44.0 Å². The van der Waals surface area contributed by atoms with Crippen molar-refractivity contribution in [2.45, 2.75) is 39.2 Å². The van der Waals surface area contributed by atoms with Gasteiger partial charge in [0.25, 0.3) is 0 Å². The zero-order valence-corrected chi connectivity index (χ0v) is 15.6. The summed E-state index contributed by atoms with van der Waals surface area (Å²) in [5, 5.41) is 11.0. The number of piperidine rings is 1. The van der Waals surface area contributed by atoms with E-state index in [1.165, 1.54) is 28.6 Å². The van der Waals surface area contributed by atoms with Gasteiger partial charge in [-0.15, -0.1) is 0 Å². The van der Waals surface area contributed by atoms with Gasteiger partial charge in [-0.1, -0.05) is 26.3 Å². The van der Waals surface area contributed by atoms with Crippen molar-refractivity contribution in [1.29, 1.82) is 0 Å². The van der Waals surface area contributed by atoms with Crippen LogP contribution in [0, 0.1) is 17.8 Å². The van der Waals surface area contributed by atoms with Gasteiger partial charge in [-0.25, -0.2) is 0 Å². The average molecular weight is 342 g/mol. The molecule has 4 nitrogen and oxygen atoms in total. The molecular formula is C21H30N2O2. The highest BCUT2D eigenvalue weighted by atomic mass is 16.5. The topological polar surface area (TPSA) is 48.5 Å². The van der Waals surface area contributed by atoms with E-state index in [1.807, 2.05) is 0 Å². The lowest BCUT2D eigenvalue weighted by Crippen LogP contribution is -2.47. The molecule has 2 N–H and O–H groups in total. The summed E-state index contributed by atoms with van der Waals surface area (Å²) in [6, 6.07) is 6.73. The van der Waals surface area contributed by atoms with E-state index in [0.29, 0.717) is 30.4 Å². The molecule has 2 aromatic rings. The van der Waals surface area contributed by atoms with Gasteiger partial charge in [0.05, 0.1) is 13.2 Å². The van der Waals surface area contributed by atoms with Crippen LogP contribution in [0.3, 0.4) is 0 Å². The fraction of sp³-hybridized carbons (Fsp3) is 0.619. The van der Waals surface area contributed by atoms with E-state index in [4.69, 9.17) is 4.74 Å². The number of aliphatic hydroxyl groups excluding tert-OH is 1. The van der Waals surface area contributed by atoms with Gasteiger partial charge < -0.3 is 14.8 Å². The molecule has 136 valence electrons. The number of aromatic amines is 1. The van der Waals surface area contributed by atoms with Crippen LogP contribution in [0.15, 0.2) is 18.2 Å². The lowest BCUT2D eigenvalue weighted by Gasteiger charge is -2.47. The molecule has 0 spiro atoms. The molecule has 4 atom stereocenters. The number of hydrogen-bond donors (Lipinski definition) is 2. The largest absolute Gasteiger partial charge is 0.496 e. The first-order valence-electron chi connectivity index (χ1n) is 9.70. The number of benzene rings is 1. The van der Waals surface area contributed by atoms with Crippen LogP contribution >= 0.6 is 0 Å².